The van der Waals surface area contributed by atoms with Crippen LogP contribution < -0.4 is 10.1 Å². The number of likely N-dealkylation sites (N-methyl/N-ethyl adjacent to an activating group) is 1. The molecule has 0 aliphatic heterocycles. The van der Waals surface area contributed by atoms with Crippen molar-refractivity contribution < 1.29 is 14.6 Å². The molecule has 0 heterocycles. The third-order valence-electron chi connectivity index (χ3n) is 3.65. The minimum atomic E-state index is -0.589. The topological polar surface area (TPSA) is 61.8 Å². The average molecular weight is 328 g/mol. The second-order valence-electron chi connectivity index (χ2n) is 5.77. The highest BCUT2D eigenvalue weighted by Gasteiger charge is 2.18. The molecule has 0 bridgehead atoms. The standard InChI is InChI=1S/C19H24N2O3/c1-21(2)19(23)18(13-22)20-12-15-8-10-17(11-9-15)24-14-16-6-4-3-5-7-16/h3-11,18,20,22H,12-14H2,1-2H3/t18-/m0/s1. The summed E-state index contributed by atoms with van der Waals surface area (Å²) < 4.78 is 5.74. The smallest absolute Gasteiger partial charge is 0.241 e. The lowest BCUT2D eigenvalue weighted by Gasteiger charge is -2.19. The van der Waals surface area contributed by atoms with E-state index in [4.69, 9.17) is 4.74 Å². The van der Waals surface area contributed by atoms with Gasteiger partial charge in [0.25, 0.3) is 0 Å². The highest BCUT2D eigenvalue weighted by molar-refractivity contribution is 5.81. The quantitative estimate of drug-likeness (QED) is 0.776. The first-order valence-electron chi connectivity index (χ1n) is 7.91. The van der Waals surface area contributed by atoms with Crippen molar-refractivity contribution in [2.75, 3.05) is 20.7 Å². The second kappa shape index (κ2) is 9.05. The summed E-state index contributed by atoms with van der Waals surface area (Å²) >= 11 is 0. The van der Waals surface area contributed by atoms with E-state index >= 15 is 0 Å². The number of aliphatic hydroxyl groups is 1. The first-order valence-corrected chi connectivity index (χ1v) is 7.91. The van der Waals surface area contributed by atoms with Crippen LogP contribution in [-0.2, 0) is 17.9 Å². The fraction of sp³-hybridized carbons (Fsp3) is 0.316. The van der Waals surface area contributed by atoms with Crippen molar-refractivity contribution in [3.05, 3.63) is 65.7 Å². The molecule has 0 aliphatic carbocycles. The number of ether oxygens (including phenoxy) is 1. The summed E-state index contributed by atoms with van der Waals surface area (Å²) in [5.41, 5.74) is 2.14. The van der Waals surface area contributed by atoms with Gasteiger partial charge in [-0.3, -0.25) is 10.1 Å². The summed E-state index contributed by atoms with van der Waals surface area (Å²) in [7, 11) is 3.34. The average Bonchev–Trinajstić information content (AvgIpc) is 2.62. The second-order valence-corrected chi connectivity index (χ2v) is 5.77. The fourth-order valence-corrected chi connectivity index (χ4v) is 2.23. The van der Waals surface area contributed by atoms with Crippen LogP contribution in [0.1, 0.15) is 11.1 Å². The number of hydrogen-bond donors (Lipinski definition) is 2. The maximum Gasteiger partial charge on any atom is 0.241 e. The number of carbonyl (C=O) groups is 1. The summed E-state index contributed by atoms with van der Waals surface area (Å²) in [5, 5.41) is 12.4. The molecule has 0 unspecified atom stereocenters. The van der Waals surface area contributed by atoms with Gasteiger partial charge in [-0.15, -0.1) is 0 Å². The first-order chi connectivity index (χ1) is 11.6. The third kappa shape index (κ3) is 5.37. The normalized spacial score (nSPS) is 11.8. The molecule has 0 saturated carbocycles. The number of amides is 1. The number of benzene rings is 2. The molecule has 2 aromatic carbocycles. The van der Waals surface area contributed by atoms with Crippen molar-refractivity contribution in [1.82, 2.24) is 10.2 Å². The molecule has 0 aromatic heterocycles. The predicted octanol–water partition coefficient (Wildman–Crippen LogP) is 1.80. The van der Waals surface area contributed by atoms with Crippen LogP contribution in [0.5, 0.6) is 5.75 Å². The fourth-order valence-electron chi connectivity index (χ4n) is 2.23. The van der Waals surface area contributed by atoms with Crippen LogP contribution in [0.2, 0.25) is 0 Å². The van der Waals surface area contributed by atoms with Crippen molar-refractivity contribution in [2.24, 2.45) is 0 Å². The van der Waals surface area contributed by atoms with Crippen LogP contribution >= 0.6 is 0 Å². The molecule has 128 valence electrons. The van der Waals surface area contributed by atoms with Gasteiger partial charge >= 0.3 is 0 Å². The lowest BCUT2D eigenvalue weighted by Crippen LogP contribution is -2.45. The number of aliphatic hydroxyl groups excluding tert-OH is 1. The molecule has 0 saturated heterocycles. The summed E-state index contributed by atoms with van der Waals surface area (Å²) in [4.78, 5) is 13.3. The van der Waals surface area contributed by atoms with Gasteiger partial charge in [-0.05, 0) is 23.3 Å². The van der Waals surface area contributed by atoms with E-state index in [9.17, 15) is 9.90 Å². The number of carbonyl (C=O) groups excluding carboxylic acids is 1. The van der Waals surface area contributed by atoms with E-state index in [1.165, 1.54) is 4.90 Å². The number of nitrogens with one attached hydrogen (secondary N) is 1. The molecule has 0 spiro atoms. The van der Waals surface area contributed by atoms with Gasteiger partial charge in [0.1, 0.15) is 18.4 Å². The predicted molar refractivity (Wildman–Crippen MR) is 93.6 cm³/mol. The van der Waals surface area contributed by atoms with Crippen LogP contribution in [0.4, 0.5) is 0 Å². The lowest BCUT2D eigenvalue weighted by molar-refractivity contribution is -0.131. The Balaban J connectivity index is 1.84. The highest BCUT2D eigenvalue weighted by Crippen LogP contribution is 2.14. The number of rotatable bonds is 8. The van der Waals surface area contributed by atoms with Crippen LogP contribution in [0.3, 0.4) is 0 Å². The zero-order chi connectivity index (χ0) is 17.4. The van der Waals surface area contributed by atoms with E-state index in [-0.39, 0.29) is 12.5 Å². The van der Waals surface area contributed by atoms with Gasteiger partial charge in [0.05, 0.1) is 6.61 Å². The summed E-state index contributed by atoms with van der Waals surface area (Å²) in [5.74, 6) is 0.658. The van der Waals surface area contributed by atoms with Gasteiger partial charge < -0.3 is 14.7 Å². The Kier molecular flexibility index (Phi) is 6.78. The minimum absolute atomic E-state index is 0.139. The highest BCUT2D eigenvalue weighted by atomic mass is 16.5. The minimum Gasteiger partial charge on any atom is -0.489 e. The Bertz CT molecular complexity index is 627. The zero-order valence-electron chi connectivity index (χ0n) is 14.1. The van der Waals surface area contributed by atoms with Crippen LogP contribution in [-0.4, -0.2) is 42.7 Å². The Morgan fingerprint density at radius 2 is 1.75 bits per heavy atom. The zero-order valence-corrected chi connectivity index (χ0v) is 14.1. The van der Waals surface area contributed by atoms with Crippen molar-refractivity contribution in [1.29, 1.82) is 0 Å². The van der Waals surface area contributed by atoms with E-state index in [0.717, 1.165) is 16.9 Å². The Morgan fingerprint density at radius 1 is 1.08 bits per heavy atom. The maximum atomic E-state index is 11.9. The number of hydrogen-bond acceptors (Lipinski definition) is 4. The molecule has 2 N–H and O–H groups in total. The molecule has 5 heteroatoms. The van der Waals surface area contributed by atoms with Crippen LogP contribution in [0, 0.1) is 0 Å². The van der Waals surface area contributed by atoms with E-state index in [0.29, 0.717) is 13.2 Å². The van der Waals surface area contributed by atoms with E-state index in [2.05, 4.69) is 5.32 Å². The SMILES string of the molecule is CN(C)C(=O)[C@H](CO)NCc1ccc(OCc2ccccc2)cc1. The first kappa shape index (κ1) is 18.0. The van der Waals surface area contributed by atoms with Gasteiger partial charge in [-0.1, -0.05) is 42.5 Å². The molecule has 0 aliphatic rings. The molecule has 1 amide bonds. The van der Waals surface area contributed by atoms with E-state index < -0.39 is 6.04 Å². The van der Waals surface area contributed by atoms with Gasteiger partial charge in [0, 0.05) is 20.6 Å². The Labute approximate surface area is 142 Å². The molecule has 24 heavy (non-hydrogen) atoms. The van der Waals surface area contributed by atoms with Gasteiger partial charge in [-0.25, -0.2) is 0 Å². The van der Waals surface area contributed by atoms with Crippen LogP contribution in [0.25, 0.3) is 0 Å². The maximum absolute atomic E-state index is 11.9. The largest absolute Gasteiger partial charge is 0.489 e. The van der Waals surface area contributed by atoms with Gasteiger partial charge in [-0.2, -0.15) is 0 Å². The Hall–Kier alpha value is -2.37. The van der Waals surface area contributed by atoms with Gasteiger partial charge in [0.15, 0.2) is 0 Å². The van der Waals surface area contributed by atoms with E-state index in [1.807, 2.05) is 54.6 Å². The summed E-state index contributed by atoms with van der Waals surface area (Å²) in [6.45, 7) is 0.807. The third-order valence-corrected chi connectivity index (χ3v) is 3.65. The molecule has 0 radical (unpaired) electrons. The number of nitrogens with zero attached hydrogens (tertiary/aromatic N) is 1. The summed E-state index contributed by atoms with van der Waals surface area (Å²) in [6.07, 6.45) is 0. The van der Waals surface area contributed by atoms with Crippen molar-refractivity contribution in [3.8, 4) is 5.75 Å². The van der Waals surface area contributed by atoms with Crippen molar-refractivity contribution in [2.45, 2.75) is 19.2 Å². The van der Waals surface area contributed by atoms with Crippen molar-refractivity contribution >= 4 is 5.91 Å². The van der Waals surface area contributed by atoms with Crippen LogP contribution in [0.15, 0.2) is 54.6 Å². The Morgan fingerprint density at radius 3 is 2.33 bits per heavy atom. The molecular weight excluding hydrogens is 304 g/mol. The van der Waals surface area contributed by atoms with Crippen molar-refractivity contribution in [3.63, 3.8) is 0 Å². The van der Waals surface area contributed by atoms with E-state index in [1.54, 1.807) is 14.1 Å². The molecule has 5 nitrogen and oxygen atoms in total. The molecule has 2 aromatic rings. The summed E-state index contributed by atoms with van der Waals surface area (Å²) in [6, 6.07) is 17.1. The molecular formula is C19H24N2O3. The molecule has 2 rings (SSSR count). The van der Waals surface area contributed by atoms with Gasteiger partial charge in [0.2, 0.25) is 5.91 Å². The monoisotopic (exact) mass is 328 g/mol. The lowest BCUT2D eigenvalue weighted by atomic mass is 10.2. The molecule has 1 atom stereocenters. The molecule has 0 fully saturated rings.